The molecule has 0 radical (unpaired) electrons. The number of aliphatic hydroxyl groups is 2. The highest BCUT2D eigenvalue weighted by Gasteiger charge is 2.65. The average molecular weight is 604 g/mol. The largest absolute Gasteiger partial charge is 0.493 e. The van der Waals surface area contributed by atoms with E-state index in [4.69, 9.17) is 14.2 Å². The zero-order valence-corrected chi connectivity index (χ0v) is 26.2. The fourth-order valence-corrected chi connectivity index (χ4v) is 10.3. The molecule has 4 aliphatic rings. The first-order valence-electron chi connectivity index (χ1n) is 15.9. The van der Waals surface area contributed by atoms with Crippen LogP contribution in [-0.2, 0) is 16.1 Å². The quantitative estimate of drug-likeness (QED) is 0.230. The molecule has 0 amide bonds. The van der Waals surface area contributed by atoms with Gasteiger partial charge in [0.25, 0.3) is 0 Å². The Morgan fingerprint density at radius 2 is 1.84 bits per heavy atom. The van der Waals surface area contributed by atoms with Gasteiger partial charge in [0.1, 0.15) is 0 Å². The topological polar surface area (TPSA) is 149 Å². The van der Waals surface area contributed by atoms with E-state index in [0.717, 1.165) is 32.1 Å². The van der Waals surface area contributed by atoms with Crippen LogP contribution < -0.4 is 9.47 Å². The fraction of sp³-hybridized carbons (Fsp3) is 0.788. The maximum absolute atomic E-state index is 11.9. The van der Waals surface area contributed by atoms with Crippen LogP contribution in [0.2, 0.25) is 0 Å². The average Bonchev–Trinajstić information content (AvgIpc) is 3.33. The van der Waals surface area contributed by atoms with Gasteiger partial charge in [-0.3, -0.25) is 14.9 Å². The van der Waals surface area contributed by atoms with Gasteiger partial charge >= 0.3 is 11.7 Å². The number of rotatable bonds is 10. The highest BCUT2D eigenvalue weighted by atomic mass is 16.6. The summed E-state index contributed by atoms with van der Waals surface area (Å²) in [6, 6.07) is 3.31. The number of hydrogen-bond acceptors (Lipinski definition) is 8. The van der Waals surface area contributed by atoms with Gasteiger partial charge in [-0.15, -0.1) is 0 Å². The summed E-state index contributed by atoms with van der Waals surface area (Å²) in [6.07, 6.45) is 5.51. The molecule has 0 bridgehead atoms. The number of ether oxygens (including phenoxy) is 3. The van der Waals surface area contributed by atoms with Crippen LogP contribution in [0, 0.1) is 56.5 Å². The summed E-state index contributed by atoms with van der Waals surface area (Å²) in [6.45, 7) is 6.76. The Bertz CT molecular complexity index is 1210. The molecule has 11 atom stereocenters. The van der Waals surface area contributed by atoms with Crippen molar-refractivity contribution in [2.45, 2.75) is 103 Å². The lowest BCUT2D eigenvalue weighted by Crippen LogP contribution is -2.62. The third-order valence-electron chi connectivity index (χ3n) is 12.6. The number of methoxy groups -OCH3 is 2. The molecular weight excluding hydrogens is 554 g/mol. The molecule has 3 N–H and O–H groups in total. The normalized spacial score (nSPS) is 39.2. The van der Waals surface area contributed by atoms with E-state index >= 15 is 0 Å². The molecule has 4 aliphatic carbocycles. The van der Waals surface area contributed by atoms with Gasteiger partial charge < -0.3 is 29.5 Å². The van der Waals surface area contributed by atoms with Crippen LogP contribution in [-0.4, -0.2) is 58.7 Å². The second kappa shape index (κ2) is 12.2. The summed E-state index contributed by atoms with van der Waals surface area (Å²) in [4.78, 5) is 22.7. The van der Waals surface area contributed by atoms with Gasteiger partial charge in [0, 0.05) is 6.42 Å². The van der Waals surface area contributed by atoms with Crippen molar-refractivity contribution in [3.63, 3.8) is 0 Å². The molecule has 10 nitrogen and oxygen atoms in total. The van der Waals surface area contributed by atoms with Gasteiger partial charge in [-0.25, -0.2) is 0 Å². The Morgan fingerprint density at radius 3 is 2.49 bits per heavy atom. The number of hydrogen-bond donors (Lipinski definition) is 3. The zero-order valence-electron chi connectivity index (χ0n) is 26.2. The smallest absolute Gasteiger partial charge is 0.320 e. The Hall–Kier alpha value is -2.43. The number of nitro benzene ring substituents is 1. The summed E-state index contributed by atoms with van der Waals surface area (Å²) < 4.78 is 16.9. The predicted molar refractivity (Wildman–Crippen MR) is 159 cm³/mol. The predicted octanol–water partition coefficient (Wildman–Crippen LogP) is 5.60. The maximum Gasteiger partial charge on any atom is 0.320 e. The molecule has 240 valence electrons. The van der Waals surface area contributed by atoms with E-state index in [-0.39, 0.29) is 76.9 Å². The first kappa shape index (κ1) is 32.0. The molecule has 0 aromatic heterocycles. The Labute approximate surface area is 254 Å². The van der Waals surface area contributed by atoms with E-state index in [0.29, 0.717) is 30.6 Å². The lowest BCUT2D eigenvalue weighted by atomic mass is 9.43. The molecule has 1 aromatic carbocycles. The lowest BCUT2D eigenvalue weighted by molar-refractivity contribution is -0.387. The van der Waals surface area contributed by atoms with Gasteiger partial charge in [0.2, 0.25) is 5.75 Å². The number of nitrogens with zero attached hydrogens (tertiary/aromatic N) is 1. The van der Waals surface area contributed by atoms with E-state index in [1.807, 2.05) is 0 Å². The number of carboxylic acids is 1. The number of benzene rings is 1. The lowest BCUT2D eigenvalue weighted by Gasteiger charge is -2.63. The second-order valence-electron chi connectivity index (χ2n) is 14.3. The number of aliphatic carboxylic acids is 1. The number of carbonyl (C=O) groups is 1. The summed E-state index contributed by atoms with van der Waals surface area (Å²) in [5.74, 6) is 0.820. The first-order chi connectivity index (χ1) is 20.4. The first-order valence-corrected chi connectivity index (χ1v) is 15.9. The Kier molecular flexibility index (Phi) is 9.04. The molecule has 4 saturated carbocycles. The van der Waals surface area contributed by atoms with E-state index in [1.165, 1.54) is 14.2 Å². The van der Waals surface area contributed by atoms with Crippen LogP contribution in [0.5, 0.6) is 11.5 Å². The molecular formula is C33H49NO9. The molecule has 4 fully saturated rings. The van der Waals surface area contributed by atoms with Crippen LogP contribution in [0.3, 0.4) is 0 Å². The van der Waals surface area contributed by atoms with Crippen molar-refractivity contribution >= 4 is 11.7 Å². The maximum atomic E-state index is 11.9. The van der Waals surface area contributed by atoms with Crippen molar-refractivity contribution < 1.29 is 39.2 Å². The van der Waals surface area contributed by atoms with Crippen molar-refractivity contribution in [2.75, 3.05) is 14.2 Å². The van der Waals surface area contributed by atoms with Crippen LogP contribution in [0.15, 0.2) is 12.1 Å². The Balaban J connectivity index is 1.30. The van der Waals surface area contributed by atoms with Crippen LogP contribution in [0.1, 0.15) is 84.1 Å². The number of fused-ring (bicyclic) bond motifs is 5. The molecule has 0 unspecified atom stereocenters. The van der Waals surface area contributed by atoms with Crippen LogP contribution in [0.4, 0.5) is 5.69 Å². The van der Waals surface area contributed by atoms with Crippen molar-refractivity contribution in [3.8, 4) is 11.5 Å². The molecule has 5 rings (SSSR count). The SMILES string of the molecule is COc1ccc(CO[C@@H]2CC[C@@]3(C)[C@@H](C2)C[C@@H](O)[C@@H]2[C@@H]3C[C@H](O)[C@]3(C)[C@@H]([C@H](C)CCC(=O)O)CC[C@@H]23)c([N+](=O)[O-])c1OC. The summed E-state index contributed by atoms with van der Waals surface area (Å²) in [5.41, 5.74) is -0.0702. The highest BCUT2D eigenvalue weighted by molar-refractivity contribution is 5.66. The van der Waals surface area contributed by atoms with Gasteiger partial charge in [0.15, 0.2) is 5.75 Å². The van der Waals surface area contributed by atoms with E-state index < -0.39 is 23.1 Å². The van der Waals surface area contributed by atoms with Gasteiger partial charge in [-0.05, 0) is 110 Å². The zero-order chi connectivity index (χ0) is 31.3. The molecule has 10 heteroatoms. The number of aliphatic hydroxyl groups excluding tert-OH is 2. The molecule has 0 saturated heterocycles. The molecule has 43 heavy (non-hydrogen) atoms. The van der Waals surface area contributed by atoms with Crippen molar-refractivity contribution in [3.05, 3.63) is 27.8 Å². The van der Waals surface area contributed by atoms with Crippen LogP contribution in [0.25, 0.3) is 0 Å². The van der Waals surface area contributed by atoms with Crippen LogP contribution >= 0.6 is 0 Å². The number of carboxylic acid groups (broad SMARTS) is 1. The van der Waals surface area contributed by atoms with Gasteiger partial charge in [-0.2, -0.15) is 0 Å². The molecule has 0 aliphatic heterocycles. The third-order valence-corrected chi connectivity index (χ3v) is 12.6. The minimum atomic E-state index is -0.779. The van der Waals surface area contributed by atoms with Gasteiger partial charge in [-0.1, -0.05) is 20.8 Å². The molecule has 0 heterocycles. The Morgan fingerprint density at radius 1 is 1.09 bits per heavy atom. The minimum absolute atomic E-state index is 0.0333. The standard InChI is InChI=1S/C33H49NO9/c1-18(6-11-28(37)38)22-8-9-23-29-24(16-27(36)33(22,23)3)32(2)13-12-21(14-20(32)15-25(29)35)43-17-19-7-10-26(41-4)31(42-5)30(19)34(39)40/h7,10,18,20-25,27,29,35-36H,6,8-9,11-17H2,1-5H3,(H,37,38)/t18-,20+,21-,22-,23+,24+,25-,27+,29+,32+,33-/m1/s1. The second-order valence-corrected chi connectivity index (χ2v) is 14.3. The van der Waals surface area contributed by atoms with E-state index in [2.05, 4.69) is 20.8 Å². The van der Waals surface area contributed by atoms with Gasteiger partial charge in [0.05, 0.1) is 49.6 Å². The van der Waals surface area contributed by atoms with E-state index in [1.54, 1.807) is 12.1 Å². The number of nitro groups is 1. The fourth-order valence-electron chi connectivity index (χ4n) is 10.3. The minimum Gasteiger partial charge on any atom is -0.493 e. The molecule has 0 spiro atoms. The van der Waals surface area contributed by atoms with Crippen molar-refractivity contribution in [1.82, 2.24) is 0 Å². The van der Waals surface area contributed by atoms with Crippen molar-refractivity contribution in [2.24, 2.45) is 46.3 Å². The monoisotopic (exact) mass is 603 g/mol. The summed E-state index contributed by atoms with van der Waals surface area (Å²) in [5, 5.41) is 44.6. The van der Waals surface area contributed by atoms with E-state index in [9.17, 15) is 30.2 Å². The summed E-state index contributed by atoms with van der Waals surface area (Å²) >= 11 is 0. The molecule has 1 aromatic rings. The third kappa shape index (κ3) is 5.41. The van der Waals surface area contributed by atoms with Crippen molar-refractivity contribution in [1.29, 1.82) is 0 Å². The summed E-state index contributed by atoms with van der Waals surface area (Å²) in [7, 11) is 2.83. The highest BCUT2D eigenvalue weighted by Crippen LogP contribution is 2.68.